The summed E-state index contributed by atoms with van der Waals surface area (Å²) < 4.78 is 5.63. The molecule has 17 heavy (non-hydrogen) atoms. The maximum atomic E-state index is 5.63. The lowest BCUT2D eigenvalue weighted by Gasteiger charge is -2.29. The second-order valence-corrected chi connectivity index (χ2v) is 5.32. The van der Waals surface area contributed by atoms with Crippen LogP contribution < -0.4 is 0 Å². The highest BCUT2D eigenvalue weighted by Crippen LogP contribution is 2.15. The van der Waals surface area contributed by atoms with E-state index in [1.807, 2.05) is 13.8 Å². The van der Waals surface area contributed by atoms with Crippen molar-refractivity contribution in [3.8, 4) is 0 Å². The molecule has 0 amide bonds. The van der Waals surface area contributed by atoms with Gasteiger partial charge in [-0.15, -0.1) is 0 Å². The molecule has 1 rings (SSSR count). The first kappa shape index (κ1) is 16.9. The average Bonchev–Trinajstić information content (AvgIpc) is 2.33. The lowest BCUT2D eigenvalue weighted by atomic mass is 9.99. The predicted octanol–water partition coefficient (Wildman–Crippen LogP) is 3.81. The van der Waals surface area contributed by atoms with Gasteiger partial charge in [-0.25, -0.2) is 0 Å². The third-order valence-corrected chi connectivity index (χ3v) is 3.27. The van der Waals surface area contributed by atoms with Crippen molar-refractivity contribution in [1.82, 2.24) is 4.90 Å². The predicted molar refractivity (Wildman–Crippen MR) is 76.5 cm³/mol. The molecule has 0 atom stereocenters. The molecule has 1 heterocycles. The van der Waals surface area contributed by atoms with Gasteiger partial charge in [-0.1, -0.05) is 34.6 Å². The van der Waals surface area contributed by atoms with Crippen LogP contribution in [0.1, 0.15) is 53.9 Å². The van der Waals surface area contributed by atoms with E-state index < -0.39 is 0 Å². The molecule has 1 saturated heterocycles. The highest BCUT2D eigenvalue weighted by Gasteiger charge is 2.14. The molecule has 0 N–H and O–H groups in total. The fourth-order valence-corrected chi connectivity index (χ4v) is 1.90. The van der Waals surface area contributed by atoms with Crippen molar-refractivity contribution < 1.29 is 4.74 Å². The summed E-state index contributed by atoms with van der Waals surface area (Å²) in [7, 11) is 0. The Hall–Kier alpha value is -0.0800. The van der Waals surface area contributed by atoms with Gasteiger partial charge >= 0.3 is 0 Å². The first-order valence-corrected chi connectivity index (χ1v) is 7.48. The second kappa shape index (κ2) is 11.0. The van der Waals surface area contributed by atoms with Crippen molar-refractivity contribution in [3.63, 3.8) is 0 Å². The molecular formula is C15H33NO. The fraction of sp³-hybridized carbons (Fsp3) is 1.00. The van der Waals surface area contributed by atoms with Gasteiger partial charge in [0.15, 0.2) is 0 Å². The molecule has 0 aromatic carbocycles. The molecule has 0 radical (unpaired) electrons. The van der Waals surface area contributed by atoms with Crippen LogP contribution in [0.4, 0.5) is 0 Å². The maximum Gasteiger partial charge on any atom is 0.0593 e. The van der Waals surface area contributed by atoms with Gasteiger partial charge in [-0.05, 0) is 44.2 Å². The number of hydrogen-bond donors (Lipinski definition) is 0. The van der Waals surface area contributed by atoms with Gasteiger partial charge in [0.2, 0.25) is 0 Å². The van der Waals surface area contributed by atoms with Crippen molar-refractivity contribution in [3.05, 3.63) is 0 Å². The first-order chi connectivity index (χ1) is 8.18. The van der Waals surface area contributed by atoms with Crippen molar-refractivity contribution in [1.29, 1.82) is 0 Å². The fourth-order valence-electron chi connectivity index (χ4n) is 1.90. The number of ether oxygens (including phenoxy) is 1. The molecule has 0 saturated carbocycles. The van der Waals surface area contributed by atoms with Crippen LogP contribution in [0.2, 0.25) is 0 Å². The van der Waals surface area contributed by atoms with Crippen molar-refractivity contribution >= 4 is 0 Å². The molecule has 0 aromatic rings. The lowest BCUT2D eigenvalue weighted by Crippen LogP contribution is -2.35. The summed E-state index contributed by atoms with van der Waals surface area (Å²) in [4.78, 5) is 2.54. The monoisotopic (exact) mass is 243 g/mol. The summed E-state index contributed by atoms with van der Waals surface area (Å²) in [5.74, 6) is 1.70. The van der Waals surface area contributed by atoms with Gasteiger partial charge in [-0.3, -0.25) is 0 Å². The Kier molecular flexibility index (Phi) is 11.0. The van der Waals surface area contributed by atoms with Gasteiger partial charge in [0.05, 0.1) is 6.61 Å². The smallest absolute Gasteiger partial charge is 0.0593 e. The Morgan fingerprint density at radius 3 is 2.24 bits per heavy atom. The zero-order chi connectivity index (χ0) is 13.1. The van der Waals surface area contributed by atoms with E-state index >= 15 is 0 Å². The molecule has 1 aliphatic rings. The van der Waals surface area contributed by atoms with E-state index in [0.29, 0.717) is 0 Å². The van der Waals surface area contributed by atoms with Crippen LogP contribution >= 0.6 is 0 Å². The van der Waals surface area contributed by atoms with E-state index in [9.17, 15) is 0 Å². The number of rotatable bonds is 6. The first-order valence-electron chi connectivity index (χ1n) is 7.48. The van der Waals surface area contributed by atoms with Crippen LogP contribution in [0, 0.1) is 11.8 Å². The molecule has 2 nitrogen and oxygen atoms in total. The van der Waals surface area contributed by atoms with Crippen LogP contribution in [0.15, 0.2) is 0 Å². The van der Waals surface area contributed by atoms with Crippen LogP contribution in [0.5, 0.6) is 0 Å². The van der Waals surface area contributed by atoms with Crippen LogP contribution in [-0.4, -0.2) is 37.7 Å². The van der Waals surface area contributed by atoms with Crippen molar-refractivity contribution in [2.75, 3.05) is 32.8 Å². The molecule has 0 aromatic heterocycles. The third kappa shape index (κ3) is 9.61. The molecule has 1 aliphatic heterocycles. The molecule has 2 heteroatoms. The molecule has 0 unspecified atom stereocenters. The average molecular weight is 243 g/mol. The zero-order valence-electron chi connectivity index (χ0n) is 12.7. The summed E-state index contributed by atoms with van der Waals surface area (Å²) in [5.41, 5.74) is 0. The highest BCUT2D eigenvalue weighted by molar-refractivity contribution is 4.68. The lowest BCUT2D eigenvalue weighted by molar-refractivity contribution is 0.0840. The second-order valence-electron chi connectivity index (χ2n) is 5.32. The molecule has 0 spiro atoms. The van der Waals surface area contributed by atoms with Crippen LogP contribution in [0.3, 0.4) is 0 Å². The molecular weight excluding hydrogens is 210 g/mol. The summed E-state index contributed by atoms with van der Waals surface area (Å²) in [6.45, 7) is 16.4. The van der Waals surface area contributed by atoms with Crippen molar-refractivity contribution in [2.24, 2.45) is 11.8 Å². The van der Waals surface area contributed by atoms with E-state index in [-0.39, 0.29) is 0 Å². The maximum absolute atomic E-state index is 5.63. The number of likely N-dealkylation sites (tertiary alicyclic amines) is 1. The SMILES string of the molecule is CC.CC(C)CCOCCN1CCC(C)CC1. The Morgan fingerprint density at radius 1 is 1.12 bits per heavy atom. The summed E-state index contributed by atoms with van der Waals surface area (Å²) in [6.07, 6.45) is 3.93. The minimum absolute atomic E-state index is 0.765. The number of hydrogen-bond acceptors (Lipinski definition) is 2. The van der Waals surface area contributed by atoms with E-state index in [0.717, 1.165) is 31.6 Å². The van der Waals surface area contributed by atoms with E-state index in [1.54, 1.807) is 0 Å². The zero-order valence-corrected chi connectivity index (χ0v) is 12.7. The van der Waals surface area contributed by atoms with Gasteiger partial charge in [0, 0.05) is 13.2 Å². The van der Waals surface area contributed by atoms with Gasteiger partial charge in [0.1, 0.15) is 0 Å². The molecule has 0 bridgehead atoms. The standard InChI is InChI=1S/C13H27NO.C2H6/c1-12(2)6-10-15-11-9-14-7-4-13(3)5-8-14;1-2/h12-13H,4-11H2,1-3H3;1-2H3. The Morgan fingerprint density at radius 2 is 1.71 bits per heavy atom. The van der Waals surface area contributed by atoms with E-state index in [1.165, 1.54) is 32.4 Å². The molecule has 1 fully saturated rings. The normalized spacial score (nSPS) is 18.0. The van der Waals surface area contributed by atoms with Gasteiger partial charge < -0.3 is 9.64 Å². The number of nitrogens with zero attached hydrogens (tertiary/aromatic N) is 1. The minimum atomic E-state index is 0.765. The van der Waals surface area contributed by atoms with E-state index in [2.05, 4.69) is 25.7 Å². The van der Waals surface area contributed by atoms with Gasteiger partial charge in [-0.2, -0.15) is 0 Å². The molecule has 0 aliphatic carbocycles. The molecule has 104 valence electrons. The number of piperidine rings is 1. The van der Waals surface area contributed by atoms with Gasteiger partial charge in [0.25, 0.3) is 0 Å². The quantitative estimate of drug-likeness (QED) is 0.658. The Bertz CT molecular complexity index is 151. The Balaban J connectivity index is 0.00000121. The van der Waals surface area contributed by atoms with Crippen molar-refractivity contribution in [2.45, 2.75) is 53.9 Å². The largest absolute Gasteiger partial charge is 0.380 e. The topological polar surface area (TPSA) is 12.5 Å². The summed E-state index contributed by atoms with van der Waals surface area (Å²) in [5, 5.41) is 0. The van der Waals surface area contributed by atoms with Crippen LogP contribution in [-0.2, 0) is 4.74 Å². The summed E-state index contributed by atoms with van der Waals surface area (Å²) in [6, 6.07) is 0. The Labute approximate surface area is 109 Å². The van der Waals surface area contributed by atoms with E-state index in [4.69, 9.17) is 4.74 Å². The van der Waals surface area contributed by atoms with Crippen LogP contribution in [0.25, 0.3) is 0 Å². The highest BCUT2D eigenvalue weighted by atomic mass is 16.5. The minimum Gasteiger partial charge on any atom is -0.380 e. The summed E-state index contributed by atoms with van der Waals surface area (Å²) >= 11 is 0. The third-order valence-electron chi connectivity index (χ3n) is 3.27.